The summed E-state index contributed by atoms with van der Waals surface area (Å²) < 4.78 is 26.4. The average Bonchev–Trinajstić information content (AvgIpc) is 2.14. The van der Waals surface area contributed by atoms with Crippen molar-refractivity contribution in [3.05, 3.63) is 33.9 Å². The van der Waals surface area contributed by atoms with E-state index >= 15 is 0 Å². The van der Waals surface area contributed by atoms with Crippen LogP contribution in [-0.4, -0.2) is 25.7 Å². The lowest BCUT2D eigenvalue weighted by atomic mass is 10.2. The Balaban J connectivity index is 2.85. The molecule has 0 fully saturated rings. The van der Waals surface area contributed by atoms with Crippen LogP contribution in [0.2, 0.25) is 0 Å². The van der Waals surface area contributed by atoms with Gasteiger partial charge in [-0.15, -0.1) is 0 Å². The summed E-state index contributed by atoms with van der Waals surface area (Å²) in [7, 11) is -3.63. The van der Waals surface area contributed by atoms with E-state index in [1.807, 2.05) is 0 Å². The van der Waals surface area contributed by atoms with E-state index in [-0.39, 0.29) is 18.0 Å². The quantitative estimate of drug-likeness (QED) is 0.614. The second-order valence-corrected chi connectivity index (χ2v) is 5.13. The van der Waals surface area contributed by atoms with Crippen LogP contribution in [0.15, 0.2) is 18.2 Å². The van der Waals surface area contributed by atoms with Crippen molar-refractivity contribution in [1.82, 2.24) is 0 Å². The minimum atomic E-state index is -3.63. The molecule has 0 atom stereocenters. The molecule has 0 radical (unpaired) electrons. The molecule has 8 heteroatoms. The number of rotatable bonds is 5. The van der Waals surface area contributed by atoms with Gasteiger partial charge in [-0.1, -0.05) is 12.1 Å². The van der Waals surface area contributed by atoms with E-state index in [1.54, 1.807) is 19.1 Å². The summed E-state index contributed by atoms with van der Waals surface area (Å²) in [5.74, 6) is -0.350. The average molecular weight is 260 g/mol. The molecular formula is C9H12N2O5S. The largest absolute Gasteiger partial charge is 0.486 e. The molecule has 0 bridgehead atoms. The number of hydrogen-bond acceptors (Lipinski definition) is 5. The van der Waals surface area contributed by atoms with Crippen molar-refractivity contribution in [2.75, 3.05) is 12.4 Å². The Morgan fingerprint density at radius 3 is 2.65 bits per heavy atom. The fourth-order valence-electron chi connectivity index (χ4n) is 1.25. The van der Waals surface area contributed by atoms with E-state index in [4.69, 9.17) is 9.88 Å². The van der Waals surface area contributed by atoms with Crippen molar-refractivity contribution in [2.24, 2.45) is 5.14 Å². The van der Waals surface area contributed by atoms with Crippen molar-refractivity contribution in [3.63, 3.8) is 0 Å². The van der Waals surface area contributed by atoms with Gasteiger partial charge in [-0.05, 0) is 13.0 Å². The second-order valence-electron chi connectivity index (χ2n) is 3.39. The van der Waals surface area contributed by atoms with Gasteiger partial charge in [0.05, 0.1) is 10.7 Å². The zero-order chi connectivity index (χ0) is 13.1. The van der Waals surface area contributed by atoms with Crippen LogP contribution >= 0.6 is 0 Å². The van der Waals surface area contributed by atoms with Crippen LogP contribution in [0.3, 0.4) is 0 Å². The minimum Gasteiger partial charge on any atom is -0.486 e. The number of ether oxygens (including phenoxy) is 1. The first-order chi connectivity index (χ1) is 7.81. The molecule has 94 valence electrons. The number of aryl methyl sites for hydroxylation is 1. The third-order valence-electron chi connectivity index (χ3n) is 2.01. The van der Waals surface area contributed by atoms with Crippen molar-refractivity contribution in [3.8, 4) is 5.75 Å². The molecule has 0 amide bonds. The molecule has 0 aromatic heterocycles. The number of nitrogens with zero attached hydrogens (tertiary/aromatic N) is 1. The SMILES string of the molecule is Cc1cccc(OCCS(N)(=O)=O)c1[N+](=O)[O-]. The number of primary sulfonamides is 1. The van der Waals surface area contributed by atoms with E-state index in [0.29, 0.717) is 5.56 Å². The summed E-state index contributed by atoms with van der Waals surface area (Å²) in [6.07, 6.45) is 0. The maximum Gasteiger partial charge on any atom is 0.313 e. The van der Waals surface area contributed by atoms with Crippen molar-refractivity contribution >= 4 is 15.7 Å². The molecule has 0 heterocycles. The molecule has 17 heavy (non-hydrogen) atoms. The van der Waals surface area contributed by atoms with Gasteiger partial charge in [-0.25, -0.2) is 13.6 Å². The molecule has 1 rings (SSSR count). The monoisotopic (exact) mass is 260 g/mol. The lowest BCUT2D eigenvalue weighted by molar-refractivity contribution is -0.386. The summed E-state index contributed by atoms with van der Waals surface area (Å²) >= 11 is 0. The molecule has 1 aromatic carbocycles. The first kappa shape index (κ1) is 13.4. The predicted octanol–water partition coefficient (Wildman–Crippen LogP) is 0.571. The standard InChI is InChI=1S/C9H12N2O5S/c1-7-3-2-4-8(9(7)11(12)13)16-5-6-17(10,14)15/h2-4H,5-6H2,1H3,(H2,10,14,15). The Hall–Kier alpha value is -1.67. The number of nitro groups is 1. The van der Waals surface area contributed by atoms with Gasteiger partial charge in [0.2, 0.25) is 10.0 Å². The Kier molecular flexibility index (Phi) is 4.02. The number of para-hydroxylation sites is 1. The number of hydrogen-bond donors (Lipinski definition) is 1. The van der Waals surface area contributed by atoms with Crippen LogP contribution in [-0.2, 0) is 10.0 Å². The van der Waals surface area contributed by atoms with Crippen LogP contribution in [0.1, 0.15) is 5.56 Å². The zero-order valence-corrected chi connectivity index (χ0v) is 9.94. The van der Waals surface area contributed by atoms with Gasteiger partial charge in [0, 0.05) is 5.56 Å². The van der Waals surface area contributed by atoms with Crippen molar-refractivity contribution in [1.29, 1.82) is 0 Å². The lowest BCUT2D eigenvalue weighted by Gasteiger charge is -2.07. The highest BCUT2D eigenvalue weighted by molar-refractivity contribution is 7.89. The highest BCUT2D eigenvalue weighted by atomic mass is 32.2. The Bertz CT molecular complexity index is 526. The van der Waals surface area contributed by atoms with Gasteiger partial charge in [0.15, 0.2) is 5.75 Å². The highest BCUT2D eigenvalue weighted by Crippen LogP contribution is 2.29. The molecule has 0 aliphatic carbocycles. The Morgan fingerprint density at radius 2 is 2.12 bits per heavy atom. The zero-order valence-electron chi connectivity index (χ0n) is 9.12. The summed E-state index contributed by atoms with van der Waals surface area (Å²) in [6, 6.07) is 4.58. The summed E-state index contributed by atoms with van der Waals surface area (Å²) in [6.45, 7) is 1.35. The molecule has 0 saturated carbocycles. The number of benzene rings is 1. The fraction of sp³-hybridized carbons (Fsp3) is 0.333. The van der Waals surface area contributed by atoms with Crippen molar-refractivity contribution in [2.45, 2.75) is 6.92 Å². The molecular weight excluding hydrogens is 248 g/mol. The molecule has 0 unspecified atom stereocenters. The van der Waals surface area contributed by atoms with Crippen LogP contribution in [0.4, 0.5) is 5.69 Å². The minimum absolute atomic E-state index is 0.0404. The molecule has 7 nitrogen and oxygen atoms in total. The Labute approximate surface area is 98.4 Å². The van der Waals surface area contributed by atoms with Crippen molar-refractivity contribution < 1.29 is 18.1 Å². The fourth-order valence-corrected chi connectivity index (χ4v) is 1.57. The van der Waals surface area contributed by atoms with Gasteiger partial charge in [-0.3, -0.25) is 10.1 Å². The normalized spacial score (nSPS) is 11.2. The predicted molar refractivity (Wildman–Crippen MR) is 61.3 cm³/mol. The van der Waals surface area contributed by atoms with E-state index < -0.39 is 20.7 Å². The van der Waals surface area contributed by atoms with Gasteiger partial charge in [0.1, 0.15) is 6.61 Å². The Morgan fingerprint density at radius 1 is 1.47 bits per heavy atom. The summed E-state index contributed by atoms with van der Waals surface area (Å²) in [5, 5.41) is 15.6. The van der Waals surface area contributed by atoms with E-state index in [1.165, 1.54) is 6.07 Å². The topological polar surface area (TPSA) is 113 Å². The first-order valence-corrected chi connectivity index (χ1v) is 6.40. The van der Waals surface area contributed by atoms with E-state index in [9.17, 15) is 18.5 Å². The maximum atomic E-state index is 10.8. The third kappa shape index (κ3) is 4.00. The van der Waals surface area contributed by atoms with Crippen LogP contribution in [0.5, 0.6) is 5.75 Å². The van der Waals surface area contributed by atoms with Crippen LogP contribution in [0, 0.1) is 17.0 Å². The summed E-state index contributed by atoms with van der Waals surface area (Å²) in [4.78, 5) is 10.2. The molecule has 2 N–H and O–H groups in total. The van der Waals surface area contributed by atoms with Gasteiger partial charge in [0.25, 0.3) is 0 Å². The van der Waals surface area contributed by atoms with Gasteiger partial charge in [-0.2, -0.15) is 0 Å². The molecule has 1 aromatic rings. The maximum absolute atomic E-state index is 10.8. The second kappa shape index (κ2) is 5.11. The van der Waals surface area contributed by atoms with Gasteiger partial charge >= 0.3 is 5.69 Å². The highest BCUT2D eigenvalue weighted by Gasteiger charge is 2.18. The van der Waals surface area contributed by atoms with E-state index in [0.717, 1.165) is 0 Å². The van der Waals surface area contributed by atoms with Gasteiger partial charge < -0.3 is 4.74 Å². The van der Waals surface area contributed by atoms with E-state index in [2.05, 4.69) is 0 Å². The molecule has 0 saturated heterocycles. The van der Waals surface area contributed by atoms with Crippen LogP contribution in [0.25, 0.3) is 0 Å². The van der Waals surface area contributed by atoms with Crippen LogP contribution < -0.4 is 9.88 Å². The summed E-state index contributed by atoms with van der Waals surface area (Å²) in [5.41, 5.74) is 0.282. The number of sulfonamides is 1. The first-order valence-electron chi connectivity index (χ1n) is 4.68. The molecule has 0 aliphatic heterocycles. The smallest absolute Gasteiger partial charge is 0.313 e. The lowest BCUT2D eigenvalue weighted by Crippen LogP contribution is -2.21. The molecule has 0 spiro atoms. The molecule has 0 aliphatic rings. The third-order valence-corrected chi connectivity index (χ3v) is 2.74. The number of nitrogens with two attached hydrogens (primary N) is 1. The number of nitro benzene ring substituents is 1.